The molecule has 0 aliphatic heterocycles. The van der Waals surface area contributed by atoms with Crippen LogP contribution >= 0.6 is 0 Å². The average Bonchev–Trinajstić information content (AvgIpc) is 2.71. The van der Waals surface area contributed by atoms with Crippen LogP contribution in [0.15, 0.2) is 24.3 Å². The summed E-state index contributed by atoms with van der Waals surface area (Å²) in [7, 11) is 0. The van der Waals surface area contributed by atoms with Crippen LogP contribution in [0.5, 0.6) is 23.5 Å². The molecule has 2 aromatic rings. The number of hydrogen-bond acceptors (Lipinski definition) is 5. The average molecular weight is 224 g/mol. The van der Waals surface area contributed by atoms with Crippen LogP contribution < -0.4 is 0 Å². The smallest absolute Gasteiger partial charge is 0.347 e. The van der Waals surface area contributed by atoms with E-state index in [0.717, 1.165) is 24.3 Å². The zero-order chi connectivity index (χ0) is 11.9. The summed E-state index contributed by atoms with van der Waals surface area (Å²) in [4.78, 5) is 11.7. The fourth-order valence-electron chi connectivity index (χ4n) is 1.32. The number of carbonyl (C=O) groups is 1. The van der Waals surface area contributed by atoms with E-state index in [-0.39, 0.29) is 0 Å². The summed E-state index contributed by atoms with van der Waals surface area (Å²) >= 11 is 0. The topological polar surface area (TPSA) is 108 Å². The van der Waals surface area contributed by atoms with Crippen LogP contribution in [0.2, 0.25) is 0 Å². The summed E-state index contributed by atoms with van der Waals surface area (Å²) in [6.07, 6.45) is 0. The molecule has 0 unspecified atom stereocenters. The fourth-order valence-corrected chi connectivity index (χ4v) is 1.32. The Morgan fingerprint density at radius 2 is 1.00 bits per heavy atom. The van der Waals surface area contributed by atoms with Crippen LogP contribution in [0.1, 0.15) is 0 Å². The predicted octanol–water partition coefficient (Wildman–Crippen LogP) is 0.628. The first kappa shape index (κ1) is 9.97. The maximum atomic E-state index is 11.7. The highest BCUT2D eigenvalue weighted by molar-refractivity contribution is 5.85. The number of rotatable bonds is 0. The van der Waals surface area contributed by atoms with Gasteiger partial charge in [-0.15, -0.1) is 0 Å². The first-order valence-electron chi connectivity index (χ1n) is 4.26. The second kappa shape index (κ2) is 3.23. The molecule has 16 heavy (non-hydrogen) atoms. The van der Waals surface area contributed by atoms with E-state index in [2.05, 4.69) is 0 Å². The van der Waals surface area contributed by atoms with Crippen molar-refractivity contribution in [1.82, 2.24) is 9.13 Å². The highest BCUT2D eigenvalue weighted by Gasteiger charge is 2.20. The van der Waals surface area contributed by atoms with Gasteiger partial charge in [-0.2, -0.15) is 0 Å². The molecule has 0 saturated carbocycles. The number of aromatic nitrogens is 2. The van der Waals surface area contributed by atoms with Crippen LogP contribution in [-0.4, -0.2) is 35.6 Å². The molecule has 0 aliphatic carbocycles. The van der Waals surface area contributed by atoms with Crippen LogP contribution in [0.25, 0.3) is 0 Å². The Hall–Kier alpha value is -2.57. The molecule has 0 atom stereocenters. The third kappa shape index (κ3) is 1.26. The van der Waals surface area contributed by atoms with Crippen LogP contribution in [0.3, 0.4) is 0 Å². The summed E-state index contributed by atoms with van der Waals surface area (Å²) in [5.41, 5.74) is 0. The van der Waals surface area contributed by atoms with Crippen molar-refractivity contribution in [3.05, 3.63) is 24.3 Å². The van der Waals surface area contributed by atoms with E-state index in [1.54, 1.807) is 0 Å². The lowest BCUT2D eigenvalue weighted by Crippen LogP contribution is -2.17. The Morgan fingerprint density at radius 1 is 0.750 bits per heavy atom. The third-order valence-corrected chi connectivity index (χ3v) is 2.06. The summed E-state index contributed by atoms with van der Waals surface area (Å²) in [5.74, 6) is -2.02. The van der Waals surface area contributed by atoms with Gasteiger partial charge < -0.3 is 20.4 Å². The van der Waals surface area contributed by atoms with Crippen molar-refractivity contribution in [2.75, 3.05) is 0 Å². The minimum atomic E-state index is -1.00. The standard InChI is InChI=1S/C9H8N2O5/c12-5-1-2-6(13)10(5)9(16)11-7(14)3-4-8(11)15/h1-4,12-15H. The molecule has 0 fully saturated rings. The van der Waals surface area contributed by atoms with Crippen molar-refractivity contribution in [3.8, 4) is 23.5 Å². The van der Waals surface area contributed by atoms with Gasteiger partial charge in [-0.1, -0.05) is 0 Å². The van der Waals surface area contributed by atoms with Crippen molar-refractivity contribution >= 4 is 6.03 Å². The molecule has 0 bridgehead atoms. The molecule has 7 heteroatoms. The number of hydrogen-bond donors (Lipinski definition) is 4. The van der Waals surface area contributed by atoms with E-state index in [1.807, 2.05) is 0 Å². The number of carbonyl (C=O) groups excluding carboxylic acids is 1. The van der Waals surface area contributed by atoms with Crippen molar-refractivity contribution in [3.63, 3.8) is 0 Å². The molecule has 7 nitrogen and oxygen atoms in total. The highest BCUT2D eigenvalue weighted by Crippen LogP contribution is 2.26. The van der Waals surface area contributed by atoms with Gasteiger partial charge in [0.15, 0.2) is 0 Å². The molecule has 2 rings (SSSR count). The van der Waals surface area contributed by atoms with E-state index >= 15 is 0 Å². The molecule has 0 aliphatic rings. The fraction of sp³-hybridized carbons (Fsp3) is 0. The van der Waals surface area contributed by atoms with Crippen molar-refractivity contribution in [2.24, 2.45) is 0 Å². The van der Waals surface area contributed by atoms with Crippen molar-refractivity contribution < 1.29 is 25.2 Å². The Balaban J connectivity index is 2.56. The predicted molar refractivity (Wildman–Crippen MR) is 51.7 cm³/mol. The van der Waals surface area contributed by atoms with E-state index in [4.69, 9.17) is 0 Å². The Labute approximate surface area is 89.0 Å². The lowest BCUT2D eigenvalue weighted by Gasteiger charge is -2.07. The van der Waals surface area contributed by atoms with Crippen LogP contribution in [-0.2, 0) is 0 Å². The normalized spacial score (nSPS) is 10.5. The van der Waals surface area contributed by atoms with Gasteiger partial charge in [0.05, 0.1) is 0 Å². The molecule has 0 saturated heterocycles. The molecule has 0 amide bonds. The first-order valence-corrected chi connectivity index (χ1v) is 4.26. The summed E-state index contributed by atoms with van der Waals surface area (Å²) in [6, 6.07) is 3.41. The number of nitrogens with zero attached hydrogens (tertiary/aromatic N) is 2. The van der Waals surface area contributed by atoms with Gasteiger partial charge in [-0.3, -0.25) is 0 Å². The van der Waals surface area contributed by atoms with Gasteiger partial charge in [0.25, 0.3) is 0 Å². The number of aromatic hydroxyl groups is 4. The first-order chi connectivity index (χ1) is 7.52. The molecular formula is C9H8N2O5. The molecule has 0 aromatic carbocycles. The van der Waals surface area contributed by atoms with Gasteiger partial charge in [-0.05, 0) is 0 Å². The van der Waals surface area contributed by atoms with Crippen molar-refractivity contribution in [1.29, 1.82) is 0 Å². The van der Waals surface area contributed by atoms with E-state index in [1.165, 1.54) is 0 Å². The SMILES string of the molecule is O=C(n1c(O)ccc1O)n1c(O)ccc1O. The van der Waals surface area contributed by atoms with Gasteiger partial charge in [0.1, 0.15) is 0 Å². The van der Waals surface area contributed by atoms with Crippen LogP contribution in [0.4, 0.5) is 4.79 Å². The zero-order valence-corrected chi connectivity index (χ0v) is 7.90. The molecule has 84 valence electrons. The molecular weight excluding hydrogens is 216 g/mol. The molecule has 0 radical (unpaired) electrons. The molecule has 2 heterocycles. The maximum absolute atomic E-state index is 11.7. The molecule has 4 N–H and O–H groups in total. The van der Waals surface area contributed by atoms with Crippen molar-refractivity contribution in [2.45, 2.75) is 0 Å². The lowest BCUT2D eigenvalue weighted by molar-refractivity contribution is 0.231. The zero-order valence-electron chi connectivity index (χ0n) is 7.90. The second-order valence-corrected chi connectivity index (χ2v) is 3.05. The van der Waals surface area contributed by atoms with Gasteiger partial charge >= 0.3 is 6.03 Å². The Bertz CT molecular complexity index is 467. The van der Waals surface area contributed by atoms with Gasteiger partial charge in [0, 0.05) is 24.3 Å². The lowest BCUT2D eigenvalue weighted by atomic mass is 10.6. The van der Waals surface area contributed by atoms with Gasteiger partial charge in [0.2, 0.25) is 23.5 Å². The van der Waals surface area contributed by atoms with E-state index in [0.29, 0.717) is 9.13 Å². The van der Waals surface area contributed by atoms with E-state index < -0.39 is 29.6 Å². The highest BCUT2D eigenvalue weighted by atomic mass is 16.3. The summed E-state index contributed by atoms with van der Waals surface area (Å²) < 4.78 is 1.05. The molecule has 0 spiro atoms. The Kier molecular flexibility index (Phi) is 2.01. The van der Waals surface area contributed by atoms with E-state index in [9.17, 15) is 25.2 Å². The largest absolute Gasteiger partial charge is 0.494 e. The quantitative estimate of drug-likeness (QED) is 0.524. The second-order valence-electron chi connectivity index (χ2n) is 3.05. The summed E-state index contributed by atoms with van der Waals surface area (Å²) in [6.45, 7) is 0. The van der Waals surface area contributed by atoms with Crippen LogP contribution in [0, 0.1) is 0 Å². The summed E-state index contributed by atoms with van der Waals surface area (Å²) in [5, 5.41) is 37.2. The maximum Gasteiger partial charge on any atom is 0.347 e. The minimum Gasteiger partial charge on any atom is -0.494 e. The minimum absolute atomic E-state index is 0.505. The molecule has 2 aromatic heterocycles. The third-order valence-electron chi connectivity index (χ3n) is 2.06. The van der Waals surface area contributed by atoms with Gasteiger partial charge in [-0.25, -0.2) is 13.9 Å². The monoisotopic (exact) mass is 224 g/mol. The Morgan fingerprint density at radius 3 is 1.25 bits per heavy atom.